The molecule has 0 radical (unpaired) electrons. The lowest BCUT2D eigenvalue weighted by atomic mass is 10.2. The molecule has 0 fully saturated rings. The molecule has 2 aromatic heterocycles. The smallest absolute Gasteiger partial charge is 0.153 e. The Kier molecular flexibility index (Phi) is 2.44. The van der Waals surface area contributed by atoms with E-state index in [-0.39, 0.29) is 5.84 Å². The van der Waals surface area contributed by atoms with Crippen molar-refractivity contribution in [3.63, 3.8) is 0 Å². The van der Waals surface area contributed by atoms with Gasteiger partial charge in [0.05, 0.1) is 11.3 Å². The van der Waals surface area contributed by atoms with Gasteiger partial charge in [-0.3, -0.25) is 5.41 Å². The van der Waals surface area contributed by atoms with Gasteiger partial charge in [-0.1, -0.05) is 6.07 Å². The molecule has 0 amide bonds. The number of rotatable bonds is 2. The van der Waals surface area contributed by atoms with E-state index in [1.165, 1.54) is 0 Å². The zero-order chi connectivity index (χ0) is 11.7. The summed E-state index contributed by atoms with van der Waals surface area (Å²) < 4.78 is 1.64. The maximum absolute atomic E-state index is 7.40. The Morgan fingerprint density at radius 2 is 2.12 bits per heavy atom. The van der Waals surface area contributed by atoms with Crippen molar-refractivity contribution >= 4 is 5.84 Å². The number of nitrogens with zero attached hydrogens (tertiary/aromatic N) is 3. The molecule has 0 spiro atoms. The molecular weight excluding hydrogens is 202 g/mol. The molecule has 2 heterocycles. The van der Waals surface area contributed by atoms with Crippen LogP contribution in [0.4, 0.5) is 0 Å². The van der Waals surface area contributed by atoms with Crippen molar-refractivity contribution in [2.75, 3.05) is 0 Å². The van der Waals surface area contributed by atoms with Crippen LogP contribution in [0.2, 0.25) is 0 Å². The van der Waals surface area contributed by atoms with Crippen molar-refractivity contribution in [2.24, 2.45) is 5.73 Å². The summed E-state index contributed by atoms with van der Waals surface area (Å²) in [5.74, 6) is 0.756. The lowest BCUT2D eigenvalue weighted by Gasteiger charge is -2.00. The molecule has 82 valence electrons. The second-order valence-corrected chi connectivity index (χ2v) is 3.62. The Morgan fingerprint density at radius 3 is 2.69 bits per heavy atom. The Balaban J connectivity index is 2.49. The summed E-state index contributed by atoms with van der Waals surface area (Å²) in [5.41, 5.74) is 7.75. The van der Waals surface area contributed by atoms with E-state index >= 15 is 0 Å². The summed E-state index contributed by atoms with van der Waals surface area (Å²) in [6.45, 7) is 3.74. The third kappa shape index (κ3) is 1.79. The van der Waals surface area contributed by atoms with Gasteiger partial charge in [0.25, 0.3) is 0 Å². The summed E-state index contributed by atoms with van der Waals surface area (Å²) in [5, 5.41) is 11.7. The number of hydrogen-bond donors (Lipinski definition) is 2. The molecular formula is C11H13N5. The normalized spacial score (nSPS) is 10.4. The van der Waals surface area contributed by atoms with Gasteiger partial charge >= 0.3 is 0 Å². The van der Waals surface area contributed by atoms with E-state index < -0.39 is 0 Å². The Morgan fingerprint density at radius 1 is 1.38 bits per heavy atom. The lowest BCUT2D eigenvalue weighted by molar-refractivity contribution is 0.827. The number of amidine groups is 1. The molecule has 0 aliphatic carbocycles. The number of hydrogen-bond acceptors (Lipinski definition) is 3. The van der Waals surface area contributed by atoms with E-state index in [0.717, 1.165) is 17.2 Å². The van der Waals surface area contributed by atoms with Crippen LogP contribution in [0.25, 0.3) is 5.82 Å². The van der Waals surface area contributed by atoms with Crippen molar-refractivity contribution < 1.29 is 0 Å². The van der Waals surface area contributed by atoms with Gasteiger partial charge in [-0.2, -0.15) is 5.10 Å². The molecule has 5 heteroatoms. The Labute approximate surface area is 93.4 Å². The zero-order valence-corrected chi connectivity index (χ0v) is 9.23. The third-order valence-electron chi connectivity index (χ3n) is 2.30. The van der Waals surface area contributed by atoms with Gasteiger partial charge in [0.1, 0.15) is 5.84 Å². The van der Waals surface area contributed by atoms with Crippen LogP contribution in [-0.4, -0.2) is 20.6 Å². The first kappa shape index (κ1) is 10.4. The van der Waals surface area contributed by atoms with Crippen LogP contribution in [0.3, 0.4) is 0 Å². The number of nitrogens with one attached hydrogen (secondary N) is 1. The fourth-order valence-electron chi connectivity index (χ4n) is 1.50. The Bertz CT molecular complexity index is 541. The number of nitrogens with two attached hydrogens (primary N) is 1. The average molecular weight is 215 g/mol. The van der Waals surface area contributed by atoms with Gasteiger partial charge in [-0.15, -0.1) is 0 Å². The van der Waals surface area contributed by atoms with Crippen molar-refractivity contribution in [1.82, 2.24) is 14.8 Å². The highest BCUT2D eigenvalue weighted by Crippen LogP contribution is 2.09. The van der Waals surface area contributed by atoms with Gasteiger partial charge in [0.2, 0.25) is 0 Å². The SMILES string of the molecule is Cc1cccc(-n2cc(C(=N)N)c(C)n2)n1. The monoisotopic (exact) mass is 215 g/mol. The molecule has 3 N–H and O–H groups in total. The molecule has 0 aliphatic heterocycles. The van der Waals surface area contributed by atoms with Gasteiger partial charge < -0.3 is 5.73 Å². The van der Waals surface area contributed by atoms with Crippen molar-refractivity contribution in [3.05, 3.63) is 41.3 Å². The van der Waals surface area contributed by atoms with Crippen LogP contribution in [0, 0.1) is 19.3 Å². The molecule has 0 aromatic carbocycles. The fraction of sp³-hybridized carbons (Fsp3) is 0.182. The quantitative estimate of drug-likeness (QED) is 0.582. The zero-order valence-electron chi connectivity index (χ0n) is 9.23. The summed E-state index contributed by atoms with van der Waals surface area (Å²) >= 11 is 0. The van der Waals surface area contributed by atoms with Crippen LogP contribution in [0.1, 0.15) is 17.0 Å². The van der Waals surface area contributed by atoms with Crippen LogP contribution in [0.15, 0.2) is 24.4 Å². The van der Waals surface area contributed by atoms with Crippen LogP contribution in [-0.2, 0) is 0 Å². The predicted octanol–water partition coefficient (Wildman–Crippen LogP) is 1.17. The summed E-state index contributed by atoms with van der Waals surface area (Å²) in [7, 11) is 0. The molecule has 0 atom stereocenters. The van der Waals surface area contributed by atoms with E-state index in [1.807, 2.05) is 32.0 Å². The number of pyridine rings is 1. The first-order chi connectivity index (χ1) is 7.58. The van der Waals surface area contributed by atoms with Gasteiger partial charge in [-0.25, -0.2) is 9.67 Å². The molecule has 0 saturated heterocycles. The number of nitrogen functional groups attached to an aromatic ring is 1. The second-order valence-electron chi connectivity index (χ2n) is 3.62. The molecule has 0 aliphatic rings. The maximum atomic E-state index is 7.40. The van der Waals surface area contributed by atoms with E-state index in [4.69, 9.17) is 11.1 Å². The number of aryl methyl sites for hydroxylation is 2. The van der Waals surface area contributed by atoms with Crippen LogP contribution < -0.4 is 5.73 Å². The molecule has 16 heavy (non-hydrogen) atoms. The minimum Gasteiger partial charge on any atom is -0.384 e. The molecule has 5 nitrogen and oxygen atoms in total. The maximum Gasteiger partial charge on any atom is 0.153 e. The first-order valence-corrected chi connectivity index (χ1v) is 4.92. The van der Waals surface area contributed by atoms with Crippen LogP contribution >= 0.6 is 0 Å². The average Bonchev–Trinajstić information content (AvgIpc) is 2.60. The standard InChI is InChI=1S/C11H13N5/c1-7-4-3-5-10(14-7)16-6-9(11(12)13)8(2)15-16/h3-6H,1-2H3,(H3,12,13). The van der Waals surface area contributed by atoms with Crippen molar-refractivity contribution in [3.8, 4) is 5.82 Å². The highest BCUT2D eigenvalue weighted by molar-refractivity contribution is 5.95. The molecule has 0 unspecified atom stereocenters. The first-order valence-electron chi connectivity index (χ1n) is 4.92. The molecule has 2 rings (SSSR count). The van der Waals surface area contributed by atoms with Gasteiger partial charge in [0, 0.05) is 11.9 Å². The predicted molar refractivity (Wildman–Crippen MR) is 61.8 cm³/mol. The van der Waals surface area contributed by atoms with Crippen molar-refractivity contribution in [2.45, 2.75) is 13.8 Å². The minimum absolute atomic E-state index is 0.0244. The summed E-state index contributed by atoms with van der Waals surface area (Å²) in [4.78, 5) is 4.35. The molecule has 0 saturated carbocycles. The van der Waals surface area contributed by atoms with Gasteiger partial charge in [-0.05, 0) is 26.0 Å². The van der Waals surface area contributed by atoms with Gasteiger partial charge in [0.15, 0.2) is 5.82 Å². The lowest BCUT2D eigenvalue weighted by Crippen LogP contribution is -2.11. The van der Waals surface area contributed by atoms with E-state index in [2.05, 4.69) is 10.1 Å². The largest absolute Gasteiger partial charge is 0.384 e. The summed E-state index contributed by atoms with van der Waals surface area (Å²) in [6, 6.07) is 5.71. The highest BCUT2D eigenvalue weighted by Gasteiger charge is 2.08. The van der Waals surface area contributed by atoms with E-state index in [1.54, 1.807) is 10.9 Å². The second kappa shape index (κ2) is 3.77. The molecule has 2 aromatic rings. The Hall–Kier alpha value is -2.17. The van der Waals surface area contributed by atoms with E-state index in [9.17, 15) is 0 Å². The van der Waals surface area contributed by atoms with Crippen molar-refractivity contribution in [1.29, 1.82) is 5.41 Å². The number of aromatic nitrogens is 3. The third-order valence-corrected chi connectivity index (χ3v) is 2.30. The summed E-state index contributed by atoms with van der Waals surface area (Å²) in [6.07, 6.45) is 1.72. The highest BCUT2D eigenvalue weighted by atomic mass is 15.3. The van der Waals surface area contributed by atoms with E-state index in [0.29, 0.717) is 5.56 Å². The topological polar surface area (TPSA) is 80.6 Å². The van der Waals surface area contributed by atoms with Crippen LogP contribution in [0.5, 0.6) is 0 Å². The molecule has 0 bridgehead atoms. The minimum atomic E-state index is 0.0244. The fourth-order valence-corrected chi connectivity index (χ4v) is 1.50.